The maximum absolute atomic E-state index is 12.8. The largest absolute Gasteiger partial charge is 0.322 e. The molecule has 146 valence electrons. The van der Waals surface area contributed by atoms with Crippen molar-refractivity contribution in [2.75, 3.05) is 5.32 Å². The van der Waals surface area contributed by atoms with Crippen LogP contribution in [-0.2, 0) is 13.6 Å². The van der Waals surface area contributed by atoms with Crippen LogP contribution >= 0.6 is 11.6 Å². The maximum atomic E-state index is 12.8. The molecule has 1 N–H and O–H groups in total. The van der Waals surface area contributed by atoms with E-state index in [2.05, 4.69) is 15.5 Å². The number of halogens is 1. The summed E-state index contributed by atoms with van der Waals surface area (Å²) in [6, 6.07) is 7.43. The van der Waals surface area contributed by atoms with Crippen molar-refractivity contribution in [3.8, 4) is 0 Å². The van der Waals surface area contributed by atoms with E-state index in [0.717, 1.165) is 11.3 Å². The van der Waals surface area contributed by atoms with Crippen LogP contribution in [0, 0.1) is 30.9 Å². The lowest BCUT2D eigenvalue weighted by atomic mass is 10.2. The molecule has 2 heterocycles. The number of rotatable bonds is 5. The van der Waals surface area contributed by atoms with Gasteiger partial charge in [-0.2, -0.15) is 10.2 Å². The van der Waals surface area contributed by atoms with Crippen molar-refractivity contribution >= 4 is 28.9 Å². The first-order chi connectivity index (χ1) is 13.2. The molecule has 0 aliphatic heterocycles. The number of benzene rings is 1. The molecule has 0 radical (unpaired) electrons. The monoisotopic (exact) mass is 402 g/mol. The second kappa shape index (κ2) is 7.43. The molecule has 0 bridgehead atoms. The van der Waals surface area contributed by atoms with E-state index >= 15 is 0 Å². The predicted octanol–water partition coefficient (Wildman–Crippen LogP) is 3.40. The van der Waals surface area contributed by atoms with Crippen LogP contribution in [0.5, 0.6) is 0 Å². The first-order valence-corrected chi connectivity index (χ1v) is 8.84. The summed E-state index contributed by atoms with van der Waals surface area (Å²) in [6.07, 6.45) is 0. The zero-order valence-corrected chi connectivity index (χ0v) is 16.6. The van der Waals surface area contributed by atoms with E-state index in [4.69, 9.17) is 11.6 Å². The average molecular weight is 403 g/mol. The molecule has 0 saturated carbocycles. The maximum Gasteiger partial charge on any atom is 0.322 e. The second-order valence-electron chi connectivity index (χ2n) is 6.45. The van der Waals surface area contributed by atoms with Crippen molar-refractivity contribution in [2.45, 2.75) is 27.3 Å². The van der Waals surface area contributed by atoms with Crippen molar-refractivity contribution in [3.63, 3.8) is 0 Å². The summed E-state index contributed by atoms with van der Waals surface area (Å²) >= 11 is 6.03. The third-order valence-corrected chi connectivity index (χ3v) is 4.66. The molecule has 0 fully saturated rings. The molecule has 3 aromatic rings. The van der Waals surface area contributed by atoms with Gasteiger partial charge in [0.05, 0.1) is 28.5 Å². The Balaban J connectivity index is 1.91. The van der Waals surface area contributed by atoms with Crippen LogP contribution in [0.15, 0.2) is 24.3 Å². The number of carbonyl (C=O) groups is 1. The smallest absolute Gasteiger partial charge is 0.317 e. The van der Waals surface area contributed by atoms with Gasteiger partial charge in [0, 0.05) is 12.1 Å². The van der Waals surface area contributed by atoms with Gasteiger partial charge in [0.25, 0.3) is 5.91 Å². The molecule has 10 heteroatoms. The number of aromatic nitrogens is 4. The van der Waals surface area contributed by atoms with Gasteiger partial charge in [-0.15, -0.1) is 0 Å². The summed E-state index contributed by atoms with van der Waals surface area (Å²) in [4.78, 5) is 23.5. The van der Waals surface area contributed by atoms with Crippen molar-refractivity contribution in [3.05, 3.63) is 67.7 Å². The molecule has 0 atom stereocenters. The summed E-state index contributed by atoms with van der Waals surface area (Å²) in [5, 5.41) is 23.2. The van der Waals surface area contributed by atoms with Crippen molar-refractivity contribution in [2.24, 2.45) is 7.05 Å². The van der Waals surface area contributed by atoms with E-state index in [1.165, 1.54) is 18.7 Å². The van der Waals surface area contributed by atoms with Gasteiger partial charge in [-0.1, -0.05) is 23.7 Å². The van der Waals surface area contributed by atoms with Crippen LogP contribution in [0.3, 0.4) is 0 Å². The van der Waals surface area contributed by atoms with Crippen LogP contribution < -0.4 is 5.32 Å². The average Bonchev–Trinajstić information content (AvgIpc) is 3.05. The fraction of sp³-hybridized carbons (Fsp3) is 0.278. The Morgan fingerprint density at radius 1 is 1.25 bits per heavy atom. The molecule has 0 spiro atoms. The summed E-state index contributed by atoms with van der Waals surface area (Å²) in [7, 11) is 1.50. The summed E-state index contributed by atoms with van der Waals surface area (Å²) in [5.74, 6) is -0.608. The number of hydrogen-bond donors (Lipinski definition) is 1. The highest BCUT2D eigenvalue weighted by Crippen LogP contribution is 2.26. The fourth-order valence-electron chi connectivity index (χ4n) is 3.13. The van der Waals surface area contributed by atoms with Crippen LogP contribution in [0.2, 0.25) is 5.02 Å². The quantitative estimate of drug-likeness (QED) is 0.519. The van der Waals surface area contributed by atoms with Crippen molar-refractivity contribution in [1.29, 1.82) is 0 Å². The van der Waals surface area contributed by atoms with Gasteiger partial charge >= 0.3 is 5.69 Å². The van der Waals surface area contributed by atoms with Crippen molar-refractivity contribution < 1.29 is 9.72 Å². The molecule has 0 unspecified atom stereocenters. The minimum atomic E-state index is -0.608. The number of aryl methyl sites for hydroxylation is 3. The predicted molar refractivity (Wildman–Crippen MR) is 105 cm³/mol. The zero-order valence-electron chi connectivity index (χ0n) is 15.9. The molecule has 2 aromatic heterocycles. The van der Waals surface area contributed by atoms with E-state index in [9.17, 15) is 14.9 Å². The number of anilines is 1. The second-order valence-corrected chi connectivity index (χ2v) is 6.89. The Kier molecular flexibility index (Phi) is 5.19. The Hall–Kier alpha value is -3.20. The normalized spacial score (nSPS) is 10.9. The van der Waals surface area contributed by atoms with Gasteiger partial charge in [-0.05, 0) is 38.5 Å². The van der Waals surface area contributed by atoms with Gasteiger partial charge in [-0.3, -0.25) is 24.3 Å². The summed E-state index contributed by atoms with van der Waals surface area (Å²) < 4.78 is 2.96. The number of carbonyl (C=O) groups excluding carboxylic acids is 1. The molecule has 28 heavy (non-hydrogen) atoms. The zero-order chi connectivity index (χ0) is 20.6. The van der Waals surface area contributed by atoms with E-state index in [1.807, 2.05) is 25.1 Å². The van der Waals surface area contributed by atoms with E-state index in [0.29, 0.717) is 22.9 Å². The standard InChI is InChI=1S/C18H19ClN6O3/c1-10-15(12(3)24(22-10)9-13-6-5-7-14(19)8-13)20-18(26)17-16(25(27)28)11(2)21-23(17)4/h5-8H,9H2,1-4H3,(H,20,26). The van der Waals surface area contributed by atoms with Crippen molar-refractivity contribution in [1.82, 2.24) is 19.6 Å². The lowest BCUT2D eigenvalue weighted by molar-refractivity contribution is -0.385. The molecular formula is C18H19ClN6O3. The Morgan fingerprint density at radius 2 is 1.96 bits per heavy atom. The topological polar surface area (TPSA) is 108 Å². The molecule has 0 aliphatic rings. The highest BCUT2D eigenvalue weighted by Gasteiger charge is 2.30. The number of hydrogen-bond acceptors (Lipinski definition) is 5. The molecule has 9 nitrogen and oxygen atoms in total. The third-order valence-electron chi connectivity index (χ3n) is 4.43. The number of nitrogens with zero attached hydrogens (tertiary/aromatic N) is 5. The summed E-state index contributed by atoms with van der Waals surface area (Å²) in [6.45, 7) is 5.56. The highest BCUT2D eigenvalue weighted by atomic mass is 35.5. The Labute approximate surface area is 166 Å². The van der Waals surface area contributed by atoms with Crippen LogP contribution in [-0.4, -0.2) is 30.4 Å². The molecule has 1 amide bonds. The van der Waals surface area contributed by atoms with E-state index in [-0.39, 0.29) is 17.1 Å². The first-order valence-electron chi connectivity index (χ1n) is 8.46. The minimum Gasteiger partial charge on any atom is -0.317 e. The Bertz CT molecular complexity index is 1090. The number of nitrogens with one attached hydrogen (secondary N) is 1. The van der Waals surface area contributed by atoms with E-state index in [1.54, 1.807) is 17.7 Å². The van der Waals surface area contributed by atoms with Gasteiger partial charge in [0.15, 0.2) is 0 Å². The van der Waals surface area contributed by atoms with Crippen LogP contribution in [0.4, 0.5) is 11.4 Å². The number of nitro groups is 1. The fourth-order valence-corrected chi connectivity index (χ4v) is 3.35. The SMILES string of the molecule is Cc1nn(Cc2cccc(Cl)c2)c(C)c1NC(=O)c1c([N+](=O)[O-])c(C)nn1C. The van der Waals surface area contributed by atoms with Crippen LogP contribution in [0.1, 0.15) is 33.1 Å². The highest BCUT2D eigenvalue weighted by molar-refractivity contribution is 6.30. The number of amides is 1. The molecule has 0 saturated heterocycles. The lowest BCUT2D eigenvalue weighted by Gasteiger charge is -2.08. The van der Waals surface area contributed by atoms with Gasteiger partial charge in [0.1, 0.15) is 5.69 Å². The summed E-state index contributed by atoms with van der Waals surface area (Å²) in [5.41, 5.74) is 2.59. The minimum absolute atomic E-state index is 0.108. The molecule has 0 aliphatic carbocycles. The third kappa shape index (κ3) is 3.61. The van der Waals surface area contributed by atoms with Crippen LogP contribution in [0.25, 0.3) is 0 Å². The van der Waals surface area contributed by atoms with Gasteiger partial charge in [0.2, 0.25) is 5.69 Å². The molecule has 1 aromatic carbocycles. The molecular weight excluding hydrogens is 384 g/mol. The first kappa shape index (κ1) is 19.6. The lowest BCUT2D eigenvalue weighted by Crippen LogP contribution is -2.18. The van der Waals surface area contributed by atoms with Gasteiger partial charge < -0.3 is 5.32 Å². The van der Waals surface area contributed by atoms with E-state index < -0.39 is 10.8 Å². The molecule has 3 rings (SSSR count). The van der Waals surface area contributed by atoms with Gasteiger partial charge in [-0.25, -0.2) is 0 Å². The Morgan fingerprint density at radius 3 is 2.61 bits per heavy atom.